The predicted molar refractivity (Wildman–Crippen MR) is 111 cm³/mol. The monoisotopic (exact) mass is 433 g/mol. The molecule has 0 spiro atoms. The Balaban J connectivity index is 1.83. The van der Waals surface area contributed by atoms with Gasteiger partial charge < -0.3 is 9.64 Å². The molecule has 1 fully saturated rings. The molecule has 1 atom stereocenters. The lowest BCUT2D eigenvalue weighted by Gasteiger charge is -2.33. The van der Waals surface area contributed by atoms with Gasteiger partial charge in [-0.15, -0.1) is 0 Å². The Morgan fingerprint density at radius 2 is 1.90 bits per heavy atom. The van der Waals surface area contributed by atoms with Crippen LogP contribution in [0.3, 0.4) is 0 Å². The van der Waals surface area contributed by atoms with Crippen molar-refractivity contribution in [1.82, 2.24) is 4.90 Å². The minimum absolute atomic E-state index is 0.0472. The predicted octanol–water partition coefficient (Wildman–Crippen LogP) is 3.42. The average Bonchev–Trinajstić information content (AvgIpc) is 2.73. The zero-order chi connectivity index (χ0) is 21.9. The average molecular weight is 433 g/mol. The van der Waals surface area contributed by atoms with Gasteiger partial charge in [-0.2, -0.15) is 0 Å². The molecule has 2 aromatic carbocycles. The minimum atomic E-state index is -4.04. The molecule has 0 aliphatic carbocycles. The number of rotatable bonds is 6. The van der Waals surface area contributed by atoms with Gasteiger partial charge in [-0.1, -0.05) is 0 Å². The Morgan fingerprint density at radius 1 is 1.20 bits per heavy atom. The maximum absolute atomic E-state index is 12.8. The zero-order valence-electron chi connectivity index (χ0n) is 16.7. The first-order valence-electron chi connectivity index (χ1n) is 9.49. The Labute approximate surface area is 174 Å². The molecule has 1 amide bonds. The van der Waals surface area contributed by atoms with Crippen molar-refractivity contribution in [3.05, 3.63) is 58.1 Å². The van der Waals surface area contributed by atoms with Crippen LogP contribution in [-0.2, 0) is 10.0 Å². The number of nitrogens with zero attached hydrogens (tertiary/aromatic N) is 2. The summed E-state index contributed by atoms with van der Waals surface area (Å²) in [5, 5.41) is 11.0. The van der Waals surface area contributed by atoms with Gasteiger partial charge in [0.2, 0.25) is 0 Å². The highest BCUT2D eigenvalue weighted by Gasteiger charge is 2.25. The molecule has 30 heavy (non-hydrogen) atoms. The number of carbonyl (C=O) groups is 1. The topological polar surface area (TPSA) is 119 Å². The summed E-state index contributed by atoms with van der Waals surface area (Å²) >= 11 is 0. The fraction of sp³-hybridized carbons (Fsp3) is 0.350. The maximum atomic E-state index is 12.8. The number of hydrogen-bond donors (Lipinski definition) is 1. The molecule has 2 aromatic rings. The van der Waals surface area contributed by atoms with Crippen LogP contribution in [0.25, 0.3) is 0 Å². The number of nitrogens with one attached hydrogen (secondary N) is 1. The number of anilines is 1. The lowest BCUT2D eigenvalue weighted by molar-refractivity contribution is -0.384. The van der Waals surface area contributed by atoms with Crippen LogP contribution in [-0.4, -0.2) is 43.8 Å². The molecule has 1 aliphatic rings. The number of carbonyl (C=O) groups excluding carboxylic acids is 1. The smallest absolute Gasteiger partial charge is 0.271 e. The van der Waals surface area contributed by atoms with E-state index in [0.29, 0.717) is 12.1 Å². The lowest BCUT2D eigenvalue weighted by atomic mass is 10.0. The van der Waals surface area contributed by atoms with Crippen molar-refractivity contribution in [1.29, 1.82) is 0 Å². The van der Waals surface area contributed by atoms with Gasteiger partial charge in [0, 0.05) is 30.3 Å². The number of methoxy groups -OCH3 is 1. The summed E-state index contributed by atoms with van der Waals surface area (Å²) in [6.45, 7) is 2.69. The van der Waals surface area contributed by atoms with Gasteiger partial charge in [0.25, 0.3) is 21.6 Å². The van der Waals surface area contributed by atoms with Crippen LogP contribution >= 0.6 is 0 Å². The summed E-state index contributed by atoms with van der Waals surface area (Å²) in [5.41, 5.74) is 0.0923. The quantitative estimate of drug-likeness (QED) is 0.551. The van der Waals surface area contributed by atoms with Crippen molar-refractivity contribution in [2.45, 2.75) is 37.1 Å². The zero-order valence-corrected chi connectivity index (χ0v) is 17.5. The molecule has 160 valence electrons. The number of nitro benzene ring substituents is 1. The summed E-state index contributed by atoms with van der Waals surface area (Å²) in [5.74, 6) is 0.0227. The number of piperidine rings is 1. The van der Waals surface area contributed by atoms with E-state index >= 15 is 0 Å². The first kappa shape index (κ1) is 21.6. The molecule has 1 heterocycles. The van der Waals surface area contributed by atoms with Crippen molar-refractivity contribution in [2.75, 3.05) is 18.4 Å². The van der Waals surface area contributed by atoms with Gasteiger partial charge in [-0.3, -0.25) is 19.6 Å². The number of nitro groups is 1. The number of benzene rings is 2. The molecule has 0 aromatic heterocycles. The van der Waals surface area contributed by atoms with Gasteiger partial charge in [0.05, 0.1) is 22.6 Å². The second kappa shape index (κ2) is 8.70. The van der Waals surface area contributed by atoms with E-state index in [1.165, 1.54) is 43.5 Å². The molecule has 0 saturated carbocycles. The minimum Gasteiger partial charge on any atom is -0.495 e. The van der Waals surface area contributed by atoms with Crippen LogP contribution in [0.2, 0.25) is 0 Å². The molecule has 0 radical (unpaired) electrons. The number of non-ortho nitro benzene ring substituents is 1. The summed E-state index contributed by atoms with van der Waals surface area (Å²) < 4.78 is 32.9. The van der Waals surface area contributed by atoms with E-state index in [0.717, 1.165) is 25.3 Å². The van der Waals surface area contributed by atoms with Crippen LogP contribution < -0.4 is 9.46 Å². The van der Waals surface area contributed by atoms with Crippen LogP contribution in [0.1, 0.15) is 36.5 Å². The fourth-order valence-corrected chi connectivity index (χ4v) is 4.50. The normalized spacial score (nSPS) is 16.7. The molecule has 3 rings (SSSR count). The number of likely N-dealkylation sites (tertiary alicyclic amines) is 1. The molecule has 1 N–H and O–H groups in total. The lowest BCUT2D eigenvalue weighted by Crippen LogP contribution is -2.42. The van der Waals surface area contributed by atoms with Crippen LogP contribution in [0, 0.1) is 10.1 Å². The number of ether oxygens (including phenoxy) is 1. The van der Waals surface area contributed by atoms with E-state index in [1.54, 1.807) is 4.90 Å². The van der Waals surface area contributed by atoms with Gasteiger partial charge in [0.1, 0.15) is 5.75 Å². The number of sulfonamides is 1. The molecular formula is C20H23N3O6S. The van der Waals surface area contributed by atoms with E-state index < -0.39 is 14.9 Å². The molecule has 0 bridgehead atoms. The summed E-state index contributed by atoms with van der Waals surface area (Å²) in [6, 6.07) is 9.41. The van der Waals surface area contributed by atoms with Gasteiger partial charge in [-0.05, 0) is 56.5 Å². The highest BCUT2D eigenvalue weighted by molar-refractivity contribution is 7.92. The summed E-state index contributed by atoms with van der Waals surface area (Å²) in [6.07, 6.45) is 3.00. The van der Waals surface area contributed by atoms with E-state index in [-0.39, 0.29) is 34.0 Å². The molecule has 10 heteroatoms. The largest absolute Gasteiger partial charge is 0.495 e. The fourth-order valence-electron chi connectivity index (χ4n) is 3.44. The summed E-state index contributed by atoms with van der Waals surface area (Å²) in [4.78, 5) is 24.8. The highest BCUT2D eigenvalue weighted by atomic mass is 32.2. The van der Waals surface area contributed by atoms with Gasteiger partial charge >= 0.3 is 0 Å². The highest BCUT2D eigenvalue weighted by Crippen LogP contribution is 2.31. The standard InChI is InChI=1S/C20H23N3O6S/c1-14-5-3-4-12-22(14)20(24)15-6-9-17(10-7-15)30(27,28)21-18-13-16(23(25)26)8-11-19(18)29-2/h6-11,13-14,21H,3-5,12H2,1-2H3. The van der Waals surface area contributed by atoms with Crippen molar-refractivity contribution >= 4 is 27.3 Å². The Morgan fingerprint density at radius 3 is 2.50 bits per heavy atom. The third-order valence-electron chi connectivity index (χ3n) is 5.11. The third-order valence-corrected chi connectivity index (χ3v) is 6.50. The van der Waals surface area contributed by atoms with Crippen molar-refractivity contribution in [3.63, 3.8) is 0 Å². The van der Waals surface area contributed by atoms with Crippen molar-refractivity contribution in [3.8, 4) is 5.75 Å². The molecule has 9 nitrogen and oxygen atoms in total. The Kier molecular flexibility index (Phi) is 6.25. The van der Waals surface area contributed by atoms with E-state index in [9.17, 15) is 23.3 Å². The molecule has 1 saturated heterocycles. The van der Waals surface area contributed by atoms with Crippen LogP contribution in [0.5, 0.6) is 5.75 Å². The number of hydrogen-bond acceptors (Lipinski definition) is 6. The van der Waals surface area contributed by atoms with E-state index in [4.69, 9.17) is 4.74 Å². The molecular weight excluding hydrogens is 410 g/mol. The maximum Gasteiger partial charge on any atom is 0.271 e. The van der Waals surface area contributed by atoms with Gasteiger partial charge in [0.15, 0.2) is 0 Å². The molecule has 1 unspecified atom stereocenters. The van der Waals surface area contributed by atoms with Crippen LogP contribution in [0.15, 0.2) is 47.4 Å². The Bertz CT molecular complexity index is 1050. The van der Waals surface area contributed by atoms with Crippen LogP contribution in [0.4, 0.5) is 11.4 Å². The van der Waals surface area contributed by atoms with E-state index in [1.807, 2.05) is 6.92 Å². The second-order valence-electron chi connectivity index (χ2n) is 7.11. The summed E-state index contributed by atoms with van der Waals surface area (Å²) in [7, 11) is -2.71. The van der Waals surface area contributed by atoms with Crippen molar-refractivity contribution < 1.29 is 22.9 Å². The van der Waals surface area contributed by atoms with Crippen molar-refractivity contribution in [2.24, 2.45) is 0 Å². The Hall–Kier alpha value is -3.14. The van der Waals surface area contributed by atoms with E-state index in [2.05, 4.69) is 4.72 Å². The first-order chi connectivity index (χ1) is 14.2. The second-order valence-corrected chi connectivity index (χ2v) is 8.80. The third kappa shape index (κ3) is 4.54. The first-order valence-corrected chi connectivity index (χ1v) is 11.0. The SMILES string of the molecule is COc1ccc([N+](=O)[O-])cc1NS(=O)(=O)c1ccc(C(=O)N2CCCCC2C)cc1. The molecule has 1 aliphatic heterocycles. The number of amides is 1. The van der Waals surface area contributed by atoms with Gasteiger partial charge in [-0.25, -0.2) is 8.42 Å².